The van der Waals surface area contributed by atoms with Gasteiger partial charge in [-0.15, -0.1) is 11.8 Å². The summed E-state index contributed by atoms with van der Waals surface area (Å²) in [5.41, 5.74) is -0.298. The normalized spacial score (nSPS) is 37.4. The number of thioether (sulfide) groups is 1. The maximum Gasteiger partial charge on any atom is 0.349 e. The lowest BCUT2D eigenvalue weighted by molar-refractivity contribution is -0.316. The summed E-state index contributed by atoms with van der Waals surface area (Å²) >= 11 is 1.44. The third-order valence-electron chi connectivity index (χ3n) is 8.48. The van der Waals surface area contributed by atoms with E-state index in [1.165, 1.54) is 25.6 Å². The fourth-order valence-corrected chi connectivity index (χ4v) is 12.3. The van der Waals surface area contributed by atoms with Crippen molar-refractivity contribution in [1.29, 1.82) is 5.26 Å². The molecule has 12 heteroatoms. The van der Waals surface area contributed by atoms with E-state index in [0.717, 1.165) is 0 Å². The molecule has 10 nitrogen and oxygen atoms in total. The fraction of sp³-hybridized carbons (Fsp3) is 0.897. The Labute approximate surface area is 250 Å². The second kappa shape index (κ2) is 13.2. The molecule has 0 aromatic carbocycles. The van der Waals surface area contributed by atoms with Crippen LogP contribution in [0.4, 0.5) is 0 Å². The number of hydrogen-bond acceptors (Lipinski definition) is 11. The zero-order chi connectivity index (χ0) is 30.9. The molecule has 3 rings (SSSR count). The Kier molecular flexibility index (Phi) is 11.0. The molecule has 10 atom stereocenters. The van der Waals surface area contributed by atoms with Crippen molar-refractivity contribution in [3.8, 4) is 6.07 Å². The van der Waals surface area contributed by atoms with Crippen molar-refractivity contribution in [2.24, 2.45) is 17.8 Å². The van der Waals surface area contributed by atoms with Crippen LogP contribution in [0.3, 0.4) is 0 Å². The summed E-state index contributed by atoms with van der Waals surface area (Å²) in [4.78, 5) is 23.5. The van der Waals surface area contributed by atoms with Gasteiger partial charge in [0.25, 0.3) is 0 Å². The summed E-state index contributed by atoms with van der Waals surface area (Å²) in [6, 6.07) is 2.20. The van der Waals surface area contributed by atoms with Gasteiger partial charge in [0.1, 0.15) is 36.5 Å². The maximum atomic E-state index is 11.9. The van der Waals surface area contributed by atoms with Crippen LogP contribution < -0.4 is 0 Å². The van der Waals surface area contributed by atoms with E-state index in [9.17, 15) is 14.9 Å². The minimum Gasteiger partial charge on any atom is -0.463 e. The molecule has 3 heterocycles. The lowest BCUT2D eigenvalue weighted by Crippen LogP contribution is -2.70. The minimum absolute atomic E-state index is 0.0609. The minimum atomic E-state index is -2.85. The molecule has 0 radical (unpaired) electrons. The summed E-state index contributed by atoms with van der Waals surface area (Å²) in [7, 11) is -2.85. The molecule has 0 bridgehead atoms. The second-order valence-electron chi connectivity index (χ2n) is 13.6. The van der Waals surface area contributed by atoms with Gasteiger partial charge >= 0.3 is 20.5 Å². The number of carbonyl (C=O) groups is 2. The molecule has 3 fully saturated rings. The van der Waals surface area contributed by atoms with E-state index in [1.54, 1.807) is 0 Å². The van der Waals surface area contributed by atoms with Gasteiger partial charge in [-0.3, -0.25) is 9.59 Å². The second-order valence-corrected chi connectivity index (χ2v) is 19.5. The van der Waals surface area contributed by atoms with Crippen molar-refractivity contribution in [2.45, 2.75) is 128 Å². The topological polar surface area (TPSA) is 123 Å². The maximum absolute atomic E-state index is 11.9. The summed E-state index contributed by atoms with van der Waals surface area (Å²) in [5.74, 6) is -1.02. The van der Waals surface area contributed by atoms with Crippen LogP contribution >= 0.6 is 11.8 Å². The molecule has 0 aliphatic carbocycles. The quantitative estimate of drug-likeness (QED) is 0.286. The van der Waals surface area contributed by atoms with E-state index in [0.29, 0.717) is 6.61 Å². The highest BCUT2D eigenvalue weighted by Gasteiger charge is 2.65. The van der Waals surface area contributed by atoms with E-state index in [-0.39, 0.29) is 51.7 Å². The van der Waals surface area contributed by atoms with Gasteiger partial charge in [-0.05, 0) is 0 Å². The molecule has 41 heavy (non-hydrogen) atoms. The number of nitriles is 1. The molecule has 234 valence electrons. The van der Waals surface area contributed by atoms with Crippen LogP contribution in [0.25, 0.3) is 0 Å². The number of fused-ring (bicyclic) bond motifs is 1. The van der Waals surface area contributed by atoms with Crippen molar-refractivity contribution in [1.82, 2.24) is 0 Å². The van der Waals surface area contributed by atoms with Crippen LogP contribution in [-0.2, 0) is 42.1 Å². The molecular formula is C29H49NO9SSi. The van der Waals surface area contributed by atoms with E-state index in [2.05, 4.69) is 54.5 Å². The van der Waals surface area contributed by atoms with Gasteiger partial charge in [0.2, 0.25) is 0 Å². The van der Waals surface area contributed by atoms with E-state index < -0.39 is 51.2 Å². The smallest absolute Gasteiger partial charge is 0.349 e. The Morgan fingerprint density at radius 2 is 1.59 bits per heavy atom. The van der Waals surface area contributed by atoms with Crippen LogP contribution in [0.5, 0.6) is 0 Å². The molecule has 3 aliphatic rings. The molecular weight excluding hydrogens is 566 g/mol. The third-order valence-corrected chi connectivity index (χ3v) is 14.8. The van der Waals surface area contributed by atoms with Gasteiger partial charge in [-0.2, -0.15) is 5.26 Å². The zero-order valence-electron chi connectivity index (χ0n) is 26.4. The molecule has 0 aromatic heterocycles. The van der Waals surface area contributed by atoms with E-state index in [1.807, 2.05) is 13.8 Å². The van der Waals surface area contributed by atoms with Crippen LogP contribution in [0, 0.1) is 29.1 Å². The average molecular weight is 616 g/mol. The molecule has 0 N–H and O–H groups in total. The first-order chi connectivity index (χ1) is 18.9. The Bertz CT molecular complexity index is 963. The van der Waals surface area contributed by atoms with Gasteiger partial charge in [0.05, 0.1) is 24.5 Å². The number of rotatable bonds is 7. The van der Waals surface area contributed by atoms with Crippen molar-refractivity contribution >= 4 is 32.3 Å². The zero-order valence-corrected chi connectivity index (χ0v) is 28.2. The van der Waals surface area contributed by atoms with Gasteiger partial charge < -0.3 is 32.5 Å². The van der Waals surface area contributed by atoms with Crippen molar-refractivity contribution < 1.29 is 42.1 Å². The van der Waals surface area contributed by atoms with Crippen molar-refractivity contribution in [3.05, 3.63) is 0 Å². The predicted molar refractivity (Wildman–Crippen MR) is 156 cm³/mol. The molecule has 0 spiro atoms. The van der Waals surface area contributed by atoms with Crippen LogP contribution in [0.1, 0.15) is 76.2 Å². The molecule has 0 saturated carbocycles. The monoisotopic (exact) mass is 615 g/mol. The van der Waals surface area contributed by atoms with Gasteiger partial charge in [0, 0.05) is 41.7 Å². The van der Waals surface area contributed by atoms with E-state index >= 15 is 0 Å². The van der Waals surface area contributed by atoms with Gasteiger partial charge in [-0.1, -0.05) is 62.3 Å². The summed E-state index contributed by atoms with van der Waals surface area (Å²) < 4.78 is 44.5. The lowest BCUT2D eigenvalue weighted by Gasteiger charge is -2.58. The molecule has 3 saturated heterocycles. The van der Waals surface area contributed by atoms with Gasteiger partial charge in [0.15, 0.2) is 6.29 Å². The molecule has 0 aromatic rings. The lowest BCUT2D eigenvalue weighted by atomic mass is 9.84. The molecule has 4 unspecified atom stereocenters. The highest BCUT2D eigenvalue weighted by atomic mass is 32.2. The first-order valence-electron chi connectivity index (χ1n) is 14.5. The van der Waals surface area contributed by atoms with Crippen LogP contribution in [0.15, 0.2) is 0 Å². The number of hydrogen-bond donors (Lipinski definition) is 0. The largest absolute Gasteiger partial charge is 0.463 e. The Hall–Kier alpha value is -1.20. The highest BCUT2D eigenvalue weighted by molar-refractivity contribution is 7.99. The van der Waals surface area contributed by atoms with Crippen molar-refractivity contribution in [3.63, 3.8) is 0 Å². The fourth-order valence-electron chi connectivity index (χ4n) is 6.44. The Balaban J connectivity index is 1.96. The van der Waals surface area contributed by atoms with E-state index in [4.69, 9.17) is 32.5 Å². The Morgan fingerprint density at radius 3 is 2.12 bits per heavy atom. The number of nitrogens with zero attached hydrogens (tertiary/aromatic N) is 1. The number of carbonyl (C=O) groups excluding carboxylic acids is 2. The SMILES string of the molecule is CC(=O)OCC1O[C@H](OC2[C@@H]3O[Si](C(C)(C)C)(C(C)(C)C)OCC3O[C@@H](SCC#N)[C@H]2C)[C@H](C)C(C)[C@@H]1OC(C)=O. The van der Waals surface area contributed by atoms with Crippen LogP contribution in [-0.4, -0.2) is 81.7 Å². The standard InChI is InChI=1S/C29H49NO9SSi/c1-16-17(2)26(36-21(14-33-19(4)31)23(16)35-20(5)32)38-24-18(3)27(40-13-12-30)37-22-15-34-41(28(6,7)8,29(9,10)11)39-25(22)24/h16-18,21-27H,13-15H2,1-11H3/t16?,17-,18+,21?,22?,23+,24?,25-,26-,27+/m1/s1. The first-order valence-corrected chi connectivity index (χ1v) is 17.4. The Morgan fingerprint density at radius 1 is 0.951 bits per heavy atom. The van der Waals surface area contributed by atoms with Gasteiger partial charge in [-0.25, -0.2) is 0 Å². The summed E-state index contributed by atoms with van der Waals surface area (Å²) in [6.07, 6.45) is -3.18. The first kappa shape index (κ1) is 34.3. The van der Waals surface area contributed by atoms with Crippen LogP contribution in [0.2, 0.25) is 10.1 Å². The predicted octanol–water partition coefficient (Wildman–Crippen LogP) is 4.94. The summed E-state index contributed by atoms with van der Waals surface area (Å²) in [5, 5.41) is 8.81. The highest BCUT2D eigenvalue weighted by Crippen LogP contribution is 2.56. The summed E-state index contributed by atoms with van der Waals surface area (Å²) in [6.45, 7) is 22.1. The average Bonchev–Trinajstić information content (AvgIpc) is 2.86. The number of ether oxygens (including phenoxy) is 5. The molecule has 3 aliphatic heterocycles. The molecule has 0 amide bonds. The number of esters is 2. The third kappa shape index (κ3) is 7.31. The van der Waals surface area contributed by atoms with Crippen molar-refractivity contribution in [2.75, 3.05) is 19.0 Å².